The quantitative estimate of drug-likeness (QED) is 0.861. The molecule has 124 valence electrons. The largest absolute Gasteiger partial charge is 0.479 e. The second kappa shape index (κ2) is 5.55. The van der Waals surface area contributed by atoms with Crippen molar-refractivity contribution in [2.75, 3.05) is 19.7 Å². The Morgan fingerprint density at radius 1 is 1.50 bits per heavy atom. The summed E-state index contributed by atoms with van der Waals surface area (Å²) in [5.74, 6) is -1.14. The Balaban J connectivity index is 2.20. The molecule has 1 N–H and O–H groups in total. The first kappa shape index (κ1) is 17.3. The zero-order chi connectivity index (χ0) is 16.8. The number of carboxylic acid groups (broad SMARTS) is 1. The van der Waals surface area contributed by atoms with Crippen molar-refractivity contribution in [3.63, 3.8) is 0 Å². The first-order valence-corrected chi connectivity index (χ1v) is 9.12. The Morgan fingerprint density at radius 3 is 2.50 bits per heavy atom. The van der Waals surface area contributed by atoms with Crippen molar-refractivity contribution < 1.29 is 23.1 Å². The molecule has 0 aromatic carbocycles. The molecule has 1 aromatic rings. The highest BCUT2D eigenvalue weighted by molar-refractivity contribution is 7.91. The van der Waals surface area contributed by atoms with E-state index in [1.54, 1.807) is 6.92 Å². The summed E-state index contributed by atoms with van der Waals surface area (Å²) >= 11 is 1.12. The van der Waals surface area contributed by atoms with Crippen LogP contribution in [0.1, 0.15) is 32.7 Å². The Bertz CT molecular complexity index is 669. The van der Waals surface area contributed by atoms with Crippen molar-refractivity contribution in [2.24, 2.45) is 0 Å². The number of thiazole rings is 1. The maximum atomic E-state index is 12.5. The van der Waals surface area contributed by atoms with E-state index in [4.69, 9.17) is 4.74 Å². The van der Waals surface area contributed by atoms with E-state index in [0.29, 0.717) is 0 Å². The van der Waals surface area contributed by atoms with Crippen LogP contribution < -0.4 is 0 Å². The maximum Gasteiger partial charge on any atom is 0.338 e. The van der Waals surface area contributed by atoms with Gasteiger partial charge in [0, 0.05) is 12.0 Å². The molecule has 0 amide bonds. The number of hydrogen-bond acceptors (Lipinski definition) is 6. The average molecular weight is 348 g/mol. The van der Waals surface area contributed by atoms with E-state index in [0.717, 1.165) is 20.6 Å². The van der Waals surface area contributed by atoms with Crippen LogP contribution in [0.4, 0.5) is 0 Å². The van der Waals surface area contributed by atoms with Gasteiger partial charge in [-0.05, 0) is 6.92 Å². The zero-order valence-corrected chi connectivity index (χ0v) is 14.6. The van der Waals surface area contributed by atoms with Crippen LogP contribution in [0.3, 0.4) is 0 Å². The normalized spacial score (nSPS) is 18.9. The molecular weight excluding hydrogens is 328 g/mol. The summed E-state index contributed by atoms with van der Waals surface area (Å²) in [4.78, 5) is 15.4. The highest BCUT2D eigenvalue weighted by atomic mass is 32.2. The molecule has 1 saturated heterocycles. The minimum absolute atomic E-state index is 0.132. The van der Waals surface area contributed by atoms with Crippen LogP contribution in [-0.4, -0.2) is 54.1 Å². The van der Waals surface area contributed by atoms with Gasteiger partial charge in [0.2, 0.25) is 0 Å². The van der Waals surface area contributed by atoms with E-state index in [1.165, 1.54) is 6.20 Å². The van der Waals surface area contributed by atoms with E-state index < -0.39 is 21.6 Å². The third-order valence-corrected chi connectivity index (χ3v) is 7.05. The molecule has 1 aromatic heterocycles. The Hall–Kier alpha value is -1.03. The number of rotatable bonds is 5. The highest BCUT2D eigenvalue weighted by Gasteiger charge is 2.55. The first-order chi connectivity index (χ1) is 10.0. The van der Waals surface area contributed by atoms with Gasteiger partial charge < -0.3 is 9.84 Å². The summed E-state index contributed by atoms with van der Waals surface area (Å²) in [6.07, 6.45) is 1.34. The summed E-state index contributed by atoms with van der Waals surface area (Å²) in [7, 11) is -3.72. The van der Waals surface area contributed by atoms with Crippen LogP contribution >= 0.6 is 11.3 Å². The van der Waals surface area contributed by atoms with Crippen molar-refractivity contribution in [1.82, 2.24) is 9.29 Å². The lowest BCUT2D eigenvalue weighted by Crippen LogP contribution is -2.68. The summed E-state index contributed by atoms with van der Waals surface area (Å²) in [5.41, 5.74) is -1.66. The van der Waals surface area contributed by atoms with Gasteiger partial charge in [0.15, 0.2) is 9.81 Å². The minimum Gasteiger partial charge on any atom is -0.479 e. The lowest BCUT2D eigenvalue weighted by atomic mass is 9.97. The van der Waals surface area contributed by atoms with Crippen molar-refractivity contribution in [1.29, 1.82) is 0 Å². The van der Waals surface area contributed by atoms with Gasteiger partial charge >= 0.3 is 5.97 Å². The third-order valence-electron chi connectivity index (χ3n) is 3.39. The maximum absolute atomic E-state index is 12.5. The SMILES string of the molecule is CCOC1(C(=O)O)CN(S(=O)(=O)c2cnc(C(C)(C)C)s2)C1. The number of carbonyl (C=O) groups is 1. The average Bonchev–Trinajstić information content (AvgIpc) is 2.82. The Kier molecular flexibility index (Phi) is 4.37. The van der Waals surface area contributed by atoms with Gasteiger partial charge in [-0.3, -0.25) is 0 Å². The summed E-state index contributed by atoms with van der Waals surface area (Å²) in [5, 5.41) is 9.95. The van der Waals surface area contributed by atoms with Gasteiger partial charge in [-0.2, -0.15) is 4.31 Å². The molecule has 0 unspecified atom stereocenters. The highest BCUT2D eigenvalue weighted by Crippen LogP contribution is 2.35. The summed E-state index contributed by atoms with van der Waals surface area (Å²) in [6, 6.07) is 0. The molecule has 2 heterocycles. The van der Waals surface area contributed by atoms with E-state index >= 15 is 0 Å². The molecule has 22 heavy (non-hydrogen) atoms. The number of ether oxygens (including phenoxy) is 1. The fraction of sp³-hybridized carbons (Fsp3) is 0.692. The molecule has 9 heteroatoms. The Morgan fingerprint density at radius 2 is 2.09 bits per heavy atom. The van der Waals surface area contributed by atoms with Gasteiger partial charge in [-0.15, -0.1) is 11.3 Å². The van der Waals surface area contributed by atoms with Crippen molar-refractivity contribution >= 4 is 27.3 Å². The number of nitrogens with zero attached hydrogens (tertiary/aromatic N) is 2. The van der Waals surface area contributed by atoms with Crippen LogP contribution in [0.25, 0.3) is 0 Å². The standard InChI is InChI=1S/C13H20N2O5S2/c1-5-20-13(11(16)17)7-15(8-13)22(18,19)9-6-14-10(21-9)12(2,3)4/h6H,5,7-8H2,1-4H3,(H,16,17). The monoisotopic (exact) mass is 348 g/mol. The molecule has 0 bridgehead atoms. The van der Waals surface area contributed by atoms with Crippen molar-refractivity contribution in [2.45, 2.75) is 42.9 Å². The second-order valence-corrected chi connectivity index (χ2v) is 9.44. The topological polar surface area (TPSA) is 96.8 Å². The number of aliphatic carboxylic acids is 1. The molecule has 1 fully saturated rings. The van der Waals surface area contributed by atoms with Crippen LogP contribution in [0.2, 0.25) is 0 Å². The van der Waals surface area contributed by atoms with E-state index in [-0.39, 0.29) is 29.3 Å². The molecule has 1 aliphatic rings. The first-order valence-electron chi connectivity index (χ1n) is 6.87. The van der Waals surface area contributed by atoms with Crippen LogP contribution in [0.5, 0.6) is 0 Å². The number of sulfonamides is 1. The smallest absolute Gasteiger partial charge is 0.338 e. The van der Waals surface area contributed by atoms with E-state index in [1.807, 2.05) is 20.8 Å². The van der Waals surface area contributed by atoms with Gasteiger partial charge in [0.1, 0.15) is 0 Å². The molecule has 2 rings (SSSR count). The Labute approximate surface area is 134 Å². The van der Waals surface area contributed by atoms with Gasteiger partial charge in [-0.1, -0.05) is 20.8 Å². The molecule has 7 nitrogen and oxygen atoms in total. The number of aromatic nitrogens is 1. The van der Waals surface area contributed by atoms with Gasteiger partial charge in [0.05, 0.1) is 24.3 Å². The van der Waals surface area contributed by atoms with Crippen LogP contribution in [0, 0.1) is 0 Å². The molecule has 0 saturated carbocycles. The van der Waals surface area contributed by atoms with Crippen molar-refractivity contribution in [3.8, 4) is 0 Å². The fourth-order valence-electron chi connectivity index (χ4n) is 2.11. The number of carboxylic acids is 1. The van der Waals surface area contributed by atoms with E-state index in [2.05, 4.69) is 4.98 Å². The van der Waals surface area contributed by atoms with Crippen LogP contribution in [-0.2, 0) is 25.0 Å². The van der Waals surface area contributed by atoms with Crippen molar-refractivity contribution in [3.05, 3.63) is 11.2 Å². The molecule has 0 radical (unpaired) electrons. The minimum atomic E-state index is -3.72. The molecule has 1 aliphatic heterocycles. The second-order valence-electron chi connectivity index (χ2n) is 6.24. The van der Waals surface area contributed by atoms with E-state index in [9.17, 15) is 18.3 Å². The number of hydrogen-bond donors (Lipinski definition) is 1. The summed E-state index contributed by atoms with van der Waals surface area (Å²) < 4.78 is 31.5. The lowest BCUT2D eigenvalue weighted by Gasteiger charge is -2.44. The summed E-state index contributed by atoms with van der Waals surface area (Å²) in [6.45, 7) is 7.40. The predicted molar refractivity (Wildman–Crippen MR) is 81.6 cm³/mol. The molecule has 0 spiro atoms. The predicted octanol–water partition coefficient (Wildman–Crippen LogP) is 1.30. The fourth-order valence-corrected chi connectivity index (χ4v) is 4.99. The van der Waals surface area contributed by atoms with Gasteiger partial charge in [-0.25, -0.2) is 18.2 Å². The lowest BCUT2D eigenvalue weighted by molar-refractivity contribution is -0.181. The molecule has 0 aliphatic carbocycles. The zero-order valence-electron chi connectivity index (χ0n) is 13.0. The molecular formula is C13H20N2O5S2. The van der Waals surface area contributed by atoms with Gasteiger partial charge in [0.25, 0.3) is 10.0 Å². The third kappa shape index (κ3) is 2.90. The molecule has 0 atom stereocenters. The van der Waals surface area contributed by atoms with Crippen LogP contribution in [0.15, 0.2) is 10.4 Å².